The smallest absolute Gasteiger partial charge is 0.325 e. The Morgan fingerprint density at radius 2 is 2.00 bits per heavy atom. The normalized spacial score (nSPS) is 15.5. The summed E-state index contributed by atoms with van der Waals surface area (Å²) in [5, 5.41) is 3.12. The van der Waals surface area contributed by atoms with Crippen molar-refractivity contribution >= 4 is 17.3 Å². The van der Waals surface area contributed by atoms with Crippen molar-refractivity contribution in [3.8, 4) is 0 Å². The van der Waals surface area contributed by atoms with Crippen LogP contribution in [0.5, 0.6) is 0 Å². The van der Waals surface area contributed by atoms with Crippen LogP contribution in [0.15, 0.2) is 18.2 Å². The van der Waals surface area contributed by atoms with Gasteiger partial charge in [0.15, 0.2) is 0 Å². The molecule has 0 aliphatic carbocycles. The summed E-state index contributed by atoms with van der Waals surface area (Å²) in [6.07, 6.45) is 0. The Hall–Kier alpha value is -1.75. The predicted molar refractivity (Wildman–Crippen MR) is 88.5 cm³/mol. The number of benzene rings is 1. The number of carbonyl (C=O) groups is 1. The summed E-state index contributed by atoms with van der Waals surface area (Å²) in [5.74, 6) is -0.248. The van der Waals surface area contributed by atoms with E-state index in [9.17, 15) is 4.79 Å². The number of ether oxygens (including phenoxy) is 2. The first-order valence-corrected chi connectivity index (χ1v) is 7.74. The van der Waals surface area contributed by atoms with Crippen LogP contribution in [0.4, 0.5) is 11.4 Å². The zero-order valence-electron chi connectivity index (χ0n) is 13.9. The zero-order valence-corrected chi connectivity index (χ0v) is 13.9. The second-order valence-electron chi connectivity index (χ2n) is 6.54. The van der Waals surface area contributed by atoms with Crippen LogP contribution in [0.3, 0.4) is 0 Å². The molecule has 0 bridgehead atoms. The minimum absolute atomic E-state index is 0.174. The first-order valence-electron chi connectivity index (χ1n) is 7.74. The van der Waals surface area contributed by atoms with E-state index in [1.54, 1.807) is 0 Å². The number of nitrogens with one attached hydrogen (secondary N) is 1. The lowest BCUT2D eigenvalue weighted by Crippen LogP contribution is -2.36. The average Bonchev–Trinajstić information content (AvgIpc) is 2.44. The monoisotopic (exact) mass is 306 g/mol. The number of anilines is 2. The van der Waals surface area contributed by atoms with Crippen molar-refractivity contribution in [2.24, 2.45) is 0 Å². The molecule has 22 heavy (non-hydrogen) atoms. The third-order valence-electron chi connectivity index (χ3n) is 3.41. The van der Waals surface area contributed by atoms with Gasteiger partial charge in [0.2, 0.25) is 0 Å². The molecule has 1 saturated heterocycles. The van der Waals surface area contributed by atoms with Crippen LogP contribution in [0.2, 0.25) is 0 Å². The molecule has 0 radical (unpaired) electrons. The number of carbonyl (C=O) groups excluding carboxylic acids is 1. The van der Waals surface area contributed by atoms with Gasteiger partial charge >= 0.3 is 5.97 Å². The number of nitrogens with zero attached hydrogens (tertiary/aromatic N) is 1. The van der Waals surface area contributed by atoms with E-state index in [0.717, 1.165) is 32.0 Å². The Labute approximate surface area is 132 Å². The quantitative estimate of drug-likeness (QED) is 0.867. The molecule has 1 N–H and O–H groups in total. The second-order valence-corrected chi connectivity index (χ2v) is 6.54. The molecule has 5 heteroatoms. The molecule has 1 aliphatic heterocycles. The molecule has 0 amide bonds. The summed E-state index contributed by atoms with van der Waals surface area (Å²) in [5.41, 5.74) is 2.90. The fourth-order valence-electron chi connectivity index (χ4n) is 2.48. The first-order chi connectivity index (χ1) is 10.3. The van der Waals surface area contributed by atoms with Gasteiger partial charge in [-0.2, -0.15) is 0 Å². The number of esters is 1. The van der Waals surface area contributed by atoms with Crippen LogP contribution in [-0.2, 0) is 14.3 Å². The van der Waals surface area contributed by atoms with Gasteiger partial charge in [-0.05, 0) is 51.5 Å². The highest BCUT2D eigenvalue weighted by molar-refractivity contribution is 5.75. The third kappa shape index (κ3) is 4.91. The van der Waals surface area contributed by atoms with E-state index in [-0.39, 0.29) is 12.5 Å². The van der Waals surface area contributed by atoms with E-state index in [1.807, 2.05) is 26.8 Å². The van der Waals surface area contributed by atoms with Gasteiger partial charge in [0.05, 0.1) is 13.2 Å². The SMILES string of the molecule is Cc1cc(NCC(=O)OC(C)(C)C)ccc1N1CCOCC1. The van der Waals surface area contributed by atoms with Crippen molar-refractivity contribution < 1.29 is 14.3 Å². The van der Waals surface area contributed by atoms with E-state index in [0.29, 0.717) is 0 Å². The molecule has 0 aromatic heterocycles. The maximum atomic E-state index is 11.7. The number of rotatable bonds is 4. The van der Waals surface area contributed by atoms with Gasteiger partial charge in [0, 0.05) is 24.5 Å². The highest BCUT2D eigenvalue weighted by Gasteiger charge is 2.16. The van der Waals surface area contributed by atoms with E-state index < -0.39 is 5.60 Å². The van der Waals surface area contributed by atoms with Gasteiger partial charge in [0.1, 0.15) is 12.1 Å². The minimum Gasteiger partial charge on any atom is -0.459 e. The molecule has 5 nitrogen and oxygen atoms in total. The van der Waals surface area contributed by atoms with Gasteiger partial charge in [-0.15, -0.1) is 0 Å². The number of morpholine rings is 1. The Morgan fingerprint density at radius 1 is 1.32 bits per heavy atom. The fourth-order valence-corrected chi connectivity index (χ4v) is 2.48. The lowest BCUT2D eigenvalue weighted by molar-refractivity contribution is -0.152. The van der Waals surface area contributed by atoms with E-state index in [1.165, 1.54) is 11.3 Å². The van der Waals surface area contributed by atoms with Gasteiger partial charge in [-0.25, -0.2) is 0 Å². The molecule has 1 aromatic rings. The predicted octanol–water partition coefficient (Wildman–Crippen LogP) is 2.59. The molecule has 1 heterocycles. The zero-order chi connectivity index (χ0) is 16.2. The third-order valence-corrected chi connectivity index (χ3v) is 3.41. The van der Waals surface area contributed by atoms with Crippen molar-refractivity contribution in [3.63, 3.8) is 0 Å². The molecule has 1 fully saturated rings. The van der Waals surface area contributed by atoms with Gasteiger partial charge < -0.3 is 19.7 Å². The molecular weight excluding hydrogens is 280 g/mol. The topological polar surface area (TPSA) is 50.8 Å². The Balaban J connectivity index is 1.93. The fraction of sp³-hybridized carbons (Fsp3) is 0.588. The van der Waals surface area contributed by atoms with Crippen LogP contribution >= 0.6 is 0 Å². The van der Waals surface area contributed by atoms with E-state index >= 15 is 0 Å². The molecular formula is C17H26N2O3. The lowest BCUT2D eigenvalue weighted by Gasteiger charge is -2.30. The molecule has 122 valence electrons. The molecule has 0 spiro atoms. The Kier molecular flexibility index (Phi) is 5.29. The largest absolute Gasteiger partial charge is 0.459 e. The summed E-state index contributed by atoms with van der Waals surface area (Å²) in [7, 11) is 0. The van der Waals surface area contributed by atoms with Gasteiger partial charge in [-0.3, -0.25) is 4.79 Å². The molecule has 0 saturated carbocycles. The highest BCUT2D eigenvalue weighted by Crippen LogP contribution is 2.24. The summed E-state index contributed by atoms with van der Waals surface area (Å²) >= 11 is 0. The van der Waals surface area contributed by atoms with Crippen molar-refractivity contribution in [2.45, 2.75) is 33.3 Å². The Bertz CT molecular complexity index is 517. The van der Waals surface area contributed by atoms with E-state index in [4.69, 9.17) is 9.47 Å². The van der Waals surface area contributed by atoms with Crippen LogP contribution in [0, 0.1) is 6.92 Å². The summed E-state index contributed by atoms with van der Waals surface area (Å²) < 4.78 is 10.7. The second kappa shape index (κ2) is 7.01. The number of aryl methyl sites for hydroxylation is 1. The first kappa shape index (κ1) is 16.6. The Morgan fingerprint density at radius 3 is 2.59 bits per heavy atom. The van der Waals surface area contributed by atoms with Crippen molar-refractivity contribution in [1.82, 2.24) is 0 Å². The van der Waals surface area contributed by atoms with Gasteiger partial charge in [0.25, 0.3) is 0 Å². The molecule has 0 unspecified atom stereocenters. The van der Waals surface area contributed by atoms with Crippen LogP contribution in [0.25, 0.3) is 0 Å². The standard InChI is InChI=1S/C17H26N2O3/c1-13-11-14(18-12-16(20)22-17(2,3)4)5-6-15(13)19-7-9-21-10-8-19/h5-6,11,18H,7-10,12H2,1-4H3. The van der Waals surface area contributed by atoms with Crippen LogP contribution in [0.1, 0.15) is 26.3 Å². The average molecular weight is 306 g/mol. The van der Waals surface area contributed by atoms with Crippen LogP contribution in [-0.4, -0.2) is 44.4 Å². The van der Waals surface area contributed by atoms with Crippen LogP contribution < -0.4 is 10.2 Å². The van der Waals surface area contributed by atoms with Gasteiger partial charge in [-0.1, -0.05) is 0 Å². The molecule has 0 atom stereocenters. The molecule has 1 aromatic carbocycles. The summed E-state index contributed by atoms with van der Waals surface area (Å²) in [6.45, 7) is 11.3. The maximum Gasteiger partial charge on any atom is 0.325 e. The molecule has 2 rings (SSSR count). The summed E-state index contributed by atoms with van der Waals surface area (Å²) in [4.78, 5) is 14.1. The van der Waals surface area contributed by atoms with Crippen molar-refractivity contribution in [3.05, 3.63) is 23.8 Å². The minimum atomic E-state index is -0.450. The lowest BCUT2D eigenvalue weighted by atomic mass is 10.1. The van der Waals surface area contributed by atoms with Crippen molar-refractivity contribution in [2.75, 3.05) is 43.1 Å². The summed E-state index contributed by atoms with van der Waals surface area (Å²) in [6, 6.07) is 6.16. The van der Waals surface area contributed by atoms with E-state index in [2.05, 4.69) is 29.3 Å². The molecule has 1 aliphatic rings. The maximum absolute atomic E-state index is 11.7. The van der Waals surface area contributed by atoms with Crippen molar-refractivity contribution in [1.29, 1.82) is 0 Å². The number of hydrogen-bond acceptors (Lipinski definition) is 5. The number of hydrogen-bond donors (Lipinski definition) is 1. The highest BCUT2D eigenvalue weighted by atomic mass is 16.6.